The van der Waals surface area contributed by atoms with E-state index in [0.29, 0.717) is 19.1 Å². The van der Waals surface area contributed by atoms with Crippen LogP contribution in [0.4, 0.5) is 0 Å². The molecule has 0 aliphatic rings. The van der Waals surface area contributed by atoms with Gasteiger partial charge < -0.3 is 9.64 Å². The van der Waals surface area contributed by atoms with Gasteiger partial charge in [0.1, 0.15) is 0 Å². The third-order valence-corrected chi connectivity index (χ3v) is 4.47. The molecule has 0 atom stereocenters. The number of ether oxygens (including phenoxy) is 1. The molecule has 0 fully saturated rings. The van der Waals surface area contributed by atoms with E-state index in [2.05, 4.69) is 9.46 Å². The number of hydrogen-bond donors (Lipinski definition) is 1. The second-order valence-electron chi connectivity index (χ2n) is 4.62. The van der Waals surface area contributed by atoms with Crippen LogP contribution in [0, 0.1) is 0 Å². The van der Waals surface area contributed by atoms with E-state index >= 15 is 0 Å². The maximum Gasteiger partial charge on any atom is 0.306 e. The Kier molecular flexibility index (Phi) is 8.15. The number of carbonyl (C=O) groups is 1. The number of hydrogen-bond acceptors (Lipinski definition) is 5. The van der Waals surface area contributed by atoms with Gasteiger partial charge >= 0.3 is 5.97 Å². The van der Waals surface area contributed by atoms with Gasteiger partial charge in [0, 0.05) is 32.7 Å². The van der Waals surface area contributed by atoms with Gasteiger partial charge in [-0.3, -0.25) is 4.79 Å². The summed E-state index contributed by atoms with van der Waals surface area (Å²) in [6, 6.07) is 0.363. The van der Waals surface area contributed by atoms with Gasteiger partial charge in [0.25, 0.3) is 10.2 Å². The van der Waals surface area contributed by atoms with E-state index in [1.165, 1.54) is 14.2 Å². The molecule has 0 spiro atoms. The van der Waals surface area contributed by atoms with Crippen LogP contribution >= 0.6 is 0 Å². The van der Waals surface area contributed by atoms with Gasteiger partial charge in [-0.15, -0.1) is 0 Å². The predicted octanol–water partition coefficient (Wildman–Crippen LogP) is -0.344. The molecule has 0 aliphatic carbocycles. The summed E-state index contributed by atoms with van der Waals surface area (Å²) in [5.74, 6) is -0.429. The summed E-state index contributed by atoms with van der Waals surface area (Å²) in [7, 11) is 1.10. The van der Waals surface area contributed by atoms with Crippen molar-refractivity contribution < 1.29 is 17.9 Å². The average Bonchev–Trinajstić information content (AvgIpc) is 2.34. The Hall–Kier alpha value is -0.700. The van der Waals surface area contributed by atoms with Gasteiger partial charge in [-0.05, 0) is 20.9 Å². The van der Waals surface area contributed by atoms with Gasteiger partial charge in [-0.2, -0.15) is 12.7 Å². The van der Waals surface area contributed by atoms with Gasteiger partial charge in [-0.25, -0.2) is 4.72 Å². The van der Waals surface area contributed by atoms with Crippen LogP contribution in [0.15, 0.2) is 0 Å². The van der Waals surface area contributed by atoms with Crippen molar-refractivity contribution >= 4 is 16.2 Å². The Morgan fingerprint density at radius 1 is 1.26 bits per heavy atom. The van der Waals surface area contributed by atoms with E-state index in [-0.39, 0.29) is 13.0 Å². The van der Waals surface area contributed by atoms with Gasteiger partial charge in [0.15, 0.2) is 0 Å². The van der Waals surface area contributed by atoms with Crippen molar-refractivity contribution in [2.75, 3.05) is 40.8 Å². The molecule has 1 N–H and O–H groups in total. The molecule has 0 aromatic rings. The van der Waals surface area contributed by atoms with Crippen LogP contribution in [-0.4, -0.2) is 70.5 Å². The first kappa shape index (κ1) is 18.3. The zero-order chi connectivity index (χ0) is 15.1. The van der Waals surface area contributed by atoms with E-state index in [4.69, 9.17) is 0 Å². The van der Waals surface area contributed by atoms with Crippen molar-refractivity contribution in [2.24, 2.45) is 0 Å². The molecule has 0 aliphatic heterocycles. The minimum atomic E-state index is -3.54. The van der Waals surface area contributed by atoms with E-state index in [0.717, 1.165) is 4.31 Å². The van der Waals surface area contributed by atoms with Crippen molar-refractivity contribution in [1.82, 2.24) is 13.9 Å². The number of rotatable bonds is 9. The summed E-state index contributed by atoms with van der Waals surface area (Å²) in [4.78, 5) is 13.0. The third kappa shape index (κ3) is 7.46. The SMILES string of the molecule is COC(=O)CCN(C)S(=O)(=O)NCCN(C)C(C)C. The molecule has 0 radical (unpaired) electrons. The highest BCUT2D eigenvalue weighted by Gasteiger charge is 2.18. The summed E-state index contributed by atoms with van der Waals surface area (Å²) in [5.41, 5.74) is 0. The van der Waals surface area contributed by atoms with Crippen LogP contribution in [0.2, 0.25) is 0 Å². The normalized spacial score (nSPS) is 12.4. The number of nitrogens with zero attached hydrogens (tertiary/aromatic N) is 2. The van der Waals surface area contributed by atoms with Crippen molar-refractivity contribution in [2.45, 2.75) is 26.3 Å². The highest BCUT2D eigenvalue weighted by Crippen LogP contribution is 1.97. The summed E-state index contributed by atoms with van der Waals surface area (Å²) >= 11 is 0. The van der Waals surface area contributed by atoms with E-state index in [1.807, 2.05) is 25.8 Å². The maximum atomic E-state index is 11.8. The molecule has 0 amide bonds. The fraction of sp³-hybridized carbons (Fsp3) is 0.909. The third-order valence-electron chi connectivity index (χ3n) is 2.90. The summed E-state index contributed by atoms with van der Waals surface area (Å²) in [5, 5.41) is 0. The lowest BCUT2D eigenvalue weighted by molar-refractivity contribution is -0.140. The van der Waals surface area contributed by atoms with Gasteiger partial charge in [-0.1, -0.05) is 0 Å². The highest BCUT2D eigenvalue weighted by molar-refractivity contribution is 7.87. The number of esters is 1. The lowest BCUT2D eigenvalue weighted by Crippen LogP contribution is -2.43. The van der Waals surface area contributed by atoms with Crippen LogP contribution in [0.3, 0.4) is 0 Å². The maximum absolute atomic E-state index is 11.8. The zero-order valence-corrected chi connectivity index (χ0v) is 13.2. The molecule has 0 unspecified atom stereocenters. The molecule has 0 heterocycles. The minimum absolute atomic E-state index is 0.0415. The Morgan fingerprint density at radius 2 is 1.84 bits per heavy atom. The Bertz CT molecular complexity index is 370. The topological polar surface area (TPSA) is 78.9 Å². The number of methoxy groups -OCH3 is 1. The monoisotopic (exact) mass is 295 g/mol. The van der Waals surface area contributed by atoms with Gasteiger partial charge in [0.2, 0.25) is 0 Å². The van der Waals surface area contributed by atoms with Crippen LogP contribution in [0.25, 0.3) is 0 Å². The van der Waals surface area contributed by atoms with Crippen molar-refractivity contribution in [3.8, 4) is 0 Å². The largest absolute Gasteiger partial charge is 0.469 e. The Labute approximate surface area is 116 Å². The number of carbonyl (C=O) groups excluding carboxylic acids is 1. The molecule has 0 bridgehead atoms. The van der Waals surface area contributed by atoms with Crippen LogP contribution in [0.5, 0.6) is 0 Å². The standard InChI is InChI=1S/C11H25N3O4S/c1-10(2)13(3)9-7-12-19(16,17)14(4)8-6-11(15)18-5/h10,12H,6-9H2,1-5H3. The zero-order valence-electron chi connectivity index (χ0n) is 12.3. The van der Waals surface area contributed by atoms with Crippen molar-refractivity contribution in [3.05, 3.63) is 0 Å². The summed E-state index contributed by atoms with van der Waals surface area (Å²) in [6.45, 7) is 5.14. The lowest BCUT2D eigenvalue weighted by Gasteiger charge is -2.22. The second kappa shape index (κ2) is 8.47. The first-order valence-corrected chi connectivity index (χ1v) is 7.62. The minimum Gasteiger partial charge on any atom is -0.469 e. The molecule has 114 valence electrons. The van der Waals surface area contributed by atoms with Crippen molar-refractivity contribution in [3.63, 3.8) is 0 Å². The van der Waals surface area contributed by atoms with Gasteiger partial charge in [0.05, 0.1) is 13.5 Å². The Balaban J connectivity index is 4.13. The average molecular weight is 295 g/mol. The molecule has 8 heteroatoms. The first-order chi connectivity index (χ1) is 8.70. The van der Waals surface area contributed by atoms with E-state index in [1.54, 1.807) is 0 Å². The molecule has 0 saturated carbocycles. The van der Waals surface area contributed by atoms with Crippen LogP contribution in [-0.2, 0) is 19.7 Å². The van der Waals surface area contributed by atoms with E-state index in [9.17, 15) is 13.2 Å². The Morgan fingerprint density at radius 3 is 2.32 bits per heavy atom. The highest BCUT2D eigenvalue weighted by atomic mass is 32.2. The first-order valence-electron chi connectivity index (χ1n) is 6.18. The lowest BCUT2D eigenvalue weighted by atomic mass is 10.3. The molecule has 19 heavy (non-hydrogen) atoms. The van der Waals surface area contributed by atoms with E-state index < -0.39 is 16.2 Å². The molecule has 0 aromatic heterocycles. The molecule has 0 saturated heterocycles. The van der Waals surface area contributed by atoms with Crippen LogP contribution < -0.4 is 4.72 Å². The molecule has 0 rings (SSSR count). The molecular weight excluding hydrogens is 270 g/mol. The second-order valence-corrected chi connectivity index (χ2v) is 6.48. The molecule has 0 aromatic carbocycles. The summed E-state index contributed by atoms with van der Waals surface area (Å²) < 4.78 is 31.7. The summed E-state index contributed by atoms with van der Waals surface area (Å²) in [6.07, 6.45) is 0.0415. The smallest absolute Gasteiger partial charge is 0.306 e. The van der Waals surface area contributed by atoms with Crippen LogP contribution in [0.1, 0.15) is 20.3 Å². The number of nitrogens with one attached hydrogen (secondary N) is 1. The fourth-order valence-electron chi connectivity index (χ4n) is 1.19. The van der Waals surface area contributed by atoms with Crippen molar-refractivity contribution in [1.29, 1.82) is 0 Å². The number of likely N-dealkylation sites (N-methyl/N-ethyl adjacent to an activating group) is 1. The fourth-order valence-corrected chi connectivity index (χ4v) is 2.09. The quantitative estimate of drug-likeness (QED) is 0.589. The predicted molar refractivity (Wildman–Crippen MR) is 74.0 cm³/mol. The molecule has 7 nitrogen and oxygen atoms in total. The molecular formula is C11H25N3O4S.